The normalized spacial score (nSPS) is 15.9. The van der Waals surface area contributed by atoms with Crippen LogP contribution in [0.2, 0.25) is 0 Å². The Bertz CT molecular complexity index is 1110. The van der Waals surface area contributed by atoms with Gasteiger partial charge >= 0.3 is 0 Å². The molecule has 0 unspecified atom stereocenters. The minimum absolute atomic E-state index is 0.0216. The van der Waals surface area contributed by atoms with E-state index in [1.54, 1.807) is 23.0 Å². The molecule has 1 amide bonds. The number of benzene rings is 1. The predicted molar refractivity (Wildman–Crippen MR) is 118 cm³/mol. The fourth-order valence-corrected chi connectivity index (χ4v) is 4.06. The summed E-state index contributed by atoms with van der Waals surface area (Å²) in [6.07, 6.45) is 5.10. The third kappa shape index (κ3) is 4.28. The van der Waals surface area contributed by atoms with E-state index in [-0.39, 0.29) is 23.7 Å². The summed E-state index contributed by atoms with van der Waals surface area (Å²) in [5.74, 6) is 1.40. The first kappa shape index (κ1) is 21.0. The number of carbonyl (C=O) groups excluding carboxylic acids is 1. The number of nitrogens with zero attached hydrogens (tertiary/aromatic N) is 5. The summed E-state index contributed by atoms with van der Waals surface area (Å²) in [6.45, 7) is 6.34. The van der Waals surface area contributed by atoms with Crippen molar-refractivity contribution in [1.29, 1.82) is 0 Å². The van der Waals surface area contributed by atoms with Crippen LogP contribution >= 0.6 is 0 Å². The lowest BCUT2D eigenvalue weighted by molar-refractivity contribution is -0.118. The van der Waals surface area contributed by atoms with Crippen molar-refractivity contribution in [2.75, 3.05) is 17.3 Å². The average Bonchev–Trinajstić information content (AvgIpc) is 3.16. The molecule has 0 spiro atoms. The molecule has 8 heteroatoms. The fraction of sp³-hybridized carbons (Fsp3) is 0.391. The molecule has 7 nitrogen and oxygen atoms in total. The summed E-state index contributed by atoms with van der Waals surface area (Å²) in [4.78, 5) is 23.8. The third-order valence-corrected chi connectivity index (χ3v) is 5.63. The molecule has 3 aromatic rings. The van der Waals surface area contributed by atoms with Crippen molar-refractivity contribution in [3.8, 4) is 0 Å². The van der Waals surface area contributed by atoms with Gasteiger partial charge in [-0.1, -0.05) is 32.0 Å². The maximum absolute atomic E-state index is 13.9. The summed E-state index contributed by atoms with van der Waals surface area (Å²) in [5, 5.41) is 7.33. The minimum Gasteiger partial charge on any atom is -0.346 e. The summed E-state index contributed by atoms with van der Waals surface area (Å²) >= 11 is 0. The van der Waals surface area contributed by atoms with Gasteiger partial charge in [-0.05, 0) is 30.9 Å². The van der Waals surface area contributed by atoms with Crippen LogP contribution in [0, 0.1) is 18.7 Å². The van der Waals surface area contributed by atoms with Crippen LogP contribution in [0.5, 0.6) is 0 Å². The number of hydrogen-bond acceptors (Lipinski definition) is 5. The van der Waals surface area contributed by atoms with Crippen molar-refractivity contribution < 1.29 is 9.18 Å². The van der Waals surface area contributed by atoms with Gasteiger partial charge in [0.15, 0.2) is 5.82 Å². The maximum Gasteiger partial charge on any atom is 0.247 e. The zero-order chi connectivity index (χ0) is 22.1. The van der Waals surface area contributed by atoms with E-state index in [0.717, 1.165) is 29.3 Å². The number of fused-ring (bicyclic) bond motifs is 1. The molecule has 31 heavy (non-hydrogen) atoms. The van der Waals surface area contributed by atoms with Gasteiger partial charge in [-0.25, -0.2) is 14.4 Å². The second-order valence-electron chi connectivity index (χ2n) is 8.35. The zero-order valence-corrected chi connectivity index (χ0v) is 18.3. The molecule has 1 aliphatic rings. The SMILES string of the molecule is Cc1nc(CCc2cnn(Cc3ccccc3F)c2)nc2c1NC(=O)[C@H](C(C)C)N2C. The van der Waals surface area contributed by atoms with Crippen molar-refractivity contribution in [3.63, 3.8) is 0 Å². The number of nitrogens with one attached hydrogen (secondary N) is 1. The highest BCUT2D eigenvalue weighted by Crippen LogP contribution is 2.33. The molecule has 2 aromatic heterocycles. The number of aromatic nitrogens is 4. The number of halogens is 1. The van der Waals surface area contributed by atoms with E-state index in [4.69, 9.17) is 4.98 Å². The van der Waals surface area contributed by atoms with E-state index in [9.17, 15) is 9.18 Å². The number of amides is 1. The van der Waals surface area contributed by atoms with E-state index < -0.39 is 0 Å². The highest BCUT2D eigenvalue weighted by atomic mass is 19.1. The quantitative estimate of drug-likeness (QED) is 0.659. The van der Waals surface area contributed by atoms with Gasteiger partial charge in [0.05, 0.1) is 18.4 Å². The molecule has 0 fully saturated rings. The van der Waals surface area contributed by atoms with Gasteiger partial charge in [0.1, 0.15) is 23.4 Å². The van der Waals surface area contributed by atoms with E-state index in [1.165, 1.54) is 6.07 Å². The molecule has 1 atom stereocenters. The molecule has 4 rings (SSSR count). The highest BCUT2D eigenvalue weighted by molar-refractivity contribution is 6.03. The maximum atomic E-state index is 13.9. The number of rotatable bonds is 6. The van der Waals surface area contributed by atoms with Crippen LogP contribution in [-0.4, -0.2) is 38.7 Å². The lowest BCUT2D eigenvalue weighted by Gasteiger charge is -2.36. The molecule has 162 valence electrons. The first-order valence-corrected chi connectivity index (χ1v) is 10.5. The first-order valence-electron chi connectivity index (χ1n) is 10.5. The van der Waals surface area contributed by atoms with Crippen LogP contribution in [0.4, 0.5) is 15.9 Å². The van der Waals surface area contributed by atoms with Crippen LogP contribution in [0.25, 0.3) is 0 Å². The van der Waals surface area contributed by atoms with Crippen molar-refractivity contribution in [2.45, 2.75) is 46.2 Å². The van der Waals surface area contributed by atoms with Gasteiger partial charge in [0.25, 0.3) is 0 Å². The Morgan fingerprint density at radius 2 is 1.97 bits per heavy atom. The molecular weight excluding hydrogens is 395 g/mol. The van der Waals surface area contributed by atoms with Crippen LogP contribution in [-0.2, 0) is 24.2 Å². The molecule has 1 N–H and O–H groups in total. The smallest absolute Gasteiger partial charge is 0.247 e. The standard InChI is InChI=1S/C23H27FN6O/c1-14(2)21-23(31)28-20-15(3)26-19(27-22(20)29(21)4)10-9-16-11-25-30(12-16)13-17-7-5-6-8-18(17)24/h5-8,11-12,14,21H,9-10,13H2,1-4H3,(H,28,31)/t21-/m0/s1. The molecule has 0 bridgehead atoms. The number of likely N-dealkylation sites (N-methyl/N-ethyl adjacent to an activating group) is 1. The minimum atomic E-state index is -0.258. The lowest BCUT2D eigenvalue weighted by Crippen LogP contribution is -2.49. The van der Waals surface area contributed by atoms with Gasteiger partial charge in [-0.2, -0.15) is 5.10 Å². The molecule has 1 aliphatic heterocycles. The Morgan fingerprint density at radius 3 is 2.71 bits per heavy atom. The Kier molecular flexibility index (Phi) is 5.71. The monoisotopic (exact) mass is 422 g/mol. The highest BCUT2D eigenvalue weighted by Gasteiger charge is 2.35. The topological polar surface area (TPSA) is 75.9 Å². The van der Waals surface area contributed by atoms with E-state index >= 15 is 0 Å². The first-order chi connectivity index (χ1) is 14.8. The largest absolute Gasteiger partial charge is 0.346 e. The van der Waals surface area contributed by atoms with Crippen LogP contribution < -0.4 is 10.2 Å². The Hall–Kier alpha value is -3.29. The van der Waals surface area contributed by atoms with Gasteiger partial charge in [-0.3, -0.25) is 9.48 Å². The number of hydrogen-bond donors (Lipinski definition) is 1. The molecular formula is C23H27FN6O. The molecule has 1 aromatic carbocycles. The Balaban J connectivity index is 1.48. The van der Waals surface area contributed by atoms with Crippen molar-refractivity contribution in [2.24, 2.45) is 5.92 Å². The van der Waals surface area contributed by atoms with Gasteiger partial charge < -0.3 is 10.2 Å². The summed E-state index contributed by atoms with van der Waals surface area (Å²) in [7, 11) is 1.91. The number of aryl methyl sites for hydroxylation is 3. The summed E-state index contributed by atoms with van der Waals surface area (Å²) in [5.41, 5.74) is 3.09. The Morgan fingerprint density at radius 1 is 1.19 bits per heavy atom. The molecule has 0 saturated heterocycles. The van der Waals surface area contributed by atoms with Gasteiger partial charge in [0.2, 0.25) is 5.91 Å². The van der Waals surface area contributed by atoms with Crippen LogP contribution in [0.15, 0.2) is 36.7 Å². The van der Waals surface area contributed by atoms with Gasteiger partial charge in [0, 0.05) is 25.2 Å². The second-order valence-corrected chi connectivity index (χ2v) is 8.35. The number of carbonyl (C=O) groups is 1. The van der Waals surface area contributed by atoms with E-state index in [1.807, 2.05) is 45.0 Å². The third-order valence-electron chi connectivity index (χ3n) is 5.63. The summed E-state index contributed by atoms with van der Waals surface area (Å²) < 4.78 is 15.6. The molecule has 0 saturated carbocycles. The van der Waals surface area contributed by atoms with Crippen molar-refractivity contribution in [1.82, 2.24) is 19.7 Å². The van der Waals surface area contributed by atoms with Gasteiger partial charge in [-0.15, -0.1) is 0 Å². The predicted octanol–water partition coefficient (Wildman–Crippen LogP) is 3.37. The van der Waals surface area contributed by atoms with E-state index in [2.05, 4.69) is 15.4 Å². The van der Waals surface area contributed by atoms with Crippen LogP contribution in [0.3, 0.4) is 0 Å². The molecule has 3 heterocycles. The fourth-order valence-electron chi connectivity index (χ4n) is 4.06. The van der Waals surface area contributed by atoms with Crippen molar-refractivity contribution in [3.05, 3.63) is 65.1 Å². The number of anilines is 2. The summed E-state index contributed by atoms with van der Waals surface area (Å²) in [6, 6.07) is 6.47. The Labute approximate surface area is 181 Å². The zero-order valence-electron chi connectivity index (χ0n) is 18.3. The lowest BCUT2D eigenvalue weighted by atomic mass is 9.99. The molecule has 0 radical (unpaired) electrons. The van der Waals surface area contributed by atoms with Crippen molar-refractivity contribution >= 4 is 17.4 Å². The average molecular weight is 423 g/mol. The van der Waals surface area contributed by atoms with E-state index in [0.29, 0.717) is 24.2 Å². The molecule has 0 aliphatic carbocycles. The second kappa shape index (κ2) is 8.45. The van der Waals surface area contributed by atoms with Crippen LogP contribution in [0.1, 0.15) is 36.5 Å².